The van der Waals surface area contributed by atoms with Crippen LogP contribution in [-0.2, 0) is 0 Å². The van der Waals surface area contributed by atoms with Crippen LogP contribution < -0.4 is 10.7 Å². The average Bonchev–Trinajstić information content (AvgIpc) is 3.09. The Hall–Kier alpha value is -3.20. The molecular formula is C23H27F2N5O2. The number of allylic oxidation sites excluding steroid dienone is 6. The van der Waals surface area contributed by atoms with E-state index in [9.17, 15) is 18.7 Å². The molecule has 1 aromatic rings. The highest BCUT2D eigenvalue weighted by Crippen LogP contribution is 2.32. The summed E-state index contributed by atoms with van der Waals surface area (Å²) in [4.78, 5) is 17.7. The van der Waals surface area contributed by atoms with Crippen molar-refractivity contribution in [1.29, 1.82) is 0 Å². The number of alkyl halides is 2. The summed E-state index contributed by atoms with van der Waals surface area (Å²) in [6.45, 7) is 3.98. The first-order valence-electron chi connectivity index (χ1n) is 10.7. The summed E-state index contributed by atoms with van der Waals surface area (Å²) >= 11 is 0. The van der Waals surface area contributed by atoms with Gasteiger partial charge in [0.15, 0.2) is 0 Å². The molecule has 32 heavy (non-hydrogen) atoms. The number of piperidine rings is 1. The first-order chi connectivity index (χ1) is 15.3. The summed E-state index contributed by atoms with van der Waals surface area (Å²) in [6, 6.07) is 1.45. The summed E-state index contributed by atoms with van der Waals surface area (Å²) in [7, 11) is 0. The third kappa shape index (κ3) is 4.83. The molecule has 0 bridgehead atoms. The Kier molecular flexibility index (Phi) is 6.27. The number of halogens is 2. The summed E-state index contributed by atoms with van der Waals surface area (Å²) < 4.78 is 27.0. The number of hydrogen-bond donors (Lipinski definition) is 3. The molecular weight excluding hydrogens is 416 g/mol. The molecule has 0 atom stereocenters. The zero-order valence-corrected chi connectivity index (χ0v) is 17.9. The van der Waals surface area contributed by atoms with Crippen LogP contribution in [0.4, 0.5) is 14.5 Å². The van der Waals surface area contributed by atoms with Crippen LogP contribution >= 0.6 is 0 Å². The highest BCUT2D eigenvalue weighted by atomic mass is 19.3. The second-order valence-corrected chi connectivity index (χ2v) is 8.18. The van der Waals surface area contributed by atoms with E-state index in [0.717, 1.165) is 23.3 Å². The molecule has 9 heteroatoms. The maximum absolute atomic E-state index is 13.5. The Labute approximate surface area is 185 Å². The lowest BCUT2D eigenvalue weighted by molar-refractivity contribution is -0.0559. The minimum atomic E-state index is -2.56. The van der Waals surface area contributed by atoms with Crippen LogP contribution in [0.1, 0.15) is 36.5 Å². The van der Waals surface area contributed by atoms with Crippen molar-refractivity contribution in [1.82, 2.24) is 20.3 Å². The molecule has 2 aliphatic heterocycles. The molecule has 3 aliphatic rings. The van der Waals surface area contributed by atoms with E-state index >= 15 is 0 Å². The van der Waals surface area contributed by atoms with Crippen LogP contribution in [-0.4, -0.2) is 58.1 Å². The van der Waals surface area contributed by atoms with Crippen LogP contribution in [0.15, 0.2) is 65.4 Å². The van der Waals surface area contributed by atoms with Gasteiger partial charge in [-0.15, -0.1) is 0 Å². The molecule has 4 rings (SSSR count). The molecule has 0 saturated carbocycles. The molecule has 0 spiro atoms. The van der Waals surface area contributed by atoms with Crippen molar-refractivity contribution >= 4 is 11.7 Å². The first-order valence-corrected chi connectivity index (χ1v) is 10.7. The van der Waals surface area contributed by atoms with Crippen molar-refractivity contribution in [2.45, 2.75) is 32.1 Å². The average molecular weight is 443 g/mol. The number of likely N-dealkylation sites (tertiary alicyclic amines) is 1. The lowest BCUT2D eigenvalue weighted by Crippen LogP contribution is -2.44. The predicted octanol–water partition coefficient (Wildman–Crippen LogP) is 3.74. The van der Waals surface area contributed by atoms with Gasteiger partial charge in [-0.2, -0.15) is 0 Å². The van der Waals surface area contributed by atoms with E-state index < -0.39 is 11.9 Å². The minimum Gasteiger partial charge on any atom is -0.478 e. The fourth-order valence-corrected chi connectivity index (χ4v) is 4.15. The number of nitrogens with one attached hydrogen (secondary N) is 2. The van der Waals surface area contributed by atoms with Crippen molar-refractivity contribution in [2.75, 3.05) is 31.5 Å². The number of hydrazine groups is 1. The van der Waals surface area contributed by atoms with Crippen molar-refractivity contribution in [3.8, 4) is 0 Å². The zero-order chi connectivity index (χ0) is 22.7. The second kappa shape index (κ2) is 9.12. The van der Waals surface area contributed by atoms with Crippen LogP contribution in [0.5, 0.6) is 0 Å². The van der Waals surface area contributed by atoms with Gasteiger partial charge in [-0.05, 0) is 25.0 Å². The molecule has 0 aromatic carbocycles. The second-order valence-electron chi connectivity index (χ2n) is 8.18. The summed E-state index contributed by atoms with van der Waals surface area (Å²) in [5.74, 6) is -2.92. The first kappa shape index (κ1) is 22.0. The molecule has 1 saturated heterocycles. The number of hydrogen-bond acceptors (Lipinski definition) is 6. The zero-order valence-electron chi connectivity index (χ0n) is 17.9. The largest absolute Gasteiger partial charge is 0.478 e. The number of nitrogens with zero attached hydrogens (tertiary/aromatic N) is 3. The highest BCUT2D eigenvalue weighted by Gasteiger charge is 2.34. The maximum Gasteiger partial charge on any atom is 0.337 e. The van der Waals surface area contributed by atoms with Crippen LogP contribution in [0, 0.1) is 0 Å². The van der Waals surface area contributed by atoms with Crippen molar-refractivity contribution in [2.24, 2.45) is 0 Å². The number of aromatic nitrogens is 1. The number of aromatic carboxylic acids is 1. The Bertz CT molecular complexity index is 1010. The van der Waals surface area contributed by atoms with E-state index in [1.807, 2.05) is 24.1 Å². The highest BCUT2D eigenvalue weighted by molar-refractivity contribution is 5.94. The van der Waals surface area contributed by atoms with Crippen LogP contribution in [0.2, 0.25) is 0 Å². The topological polar surface area (TPSA) is 80.7 Å². The number of anilines is 1. The van der Waals surface area contributed by atoms with Gasteiger partial charge in [-0.1, -0.05) is 24.3 Å². The molecule has 7 nitrogen and oxygen atoms in total. The standard InChI is InChI=1S/C23H27F2N5O2/c1-16-20(17-5-3-2-4-6-17)30(14-13-29-11-8-23(24,25)9-12-29)28-21(16)27-19-15-26-10-7-18(19)22(31)32/h2-5,7,10,15,27-28H,6,8-9,11-14H2,1H3,(H,31,32). The van der Waals surface area contributed by atoms with Gasteiger partial charge in [-0.25, -0.2) is 13.6 Å². The number of carbonyl (C=O) groups is 1. The third-order valence-electron chi connectivity index (χ3n) is 5.97. The summed E-state index contributed by atoms with van der Waals surface area (Å²) in [6.07, 6.45) is 11.6. The van der Waals surface area contributed by atoms with Gasteiger partial charge in [0.25, 0.3) is 5.92 Å². The molecule has 3 N–H and O–H groups in total. The van der Waals surface area contributed by atoms with Gasteiger partial charge >= 0.3 is 5.97 Å². The van der Waals surface area contributed by atoms with Gasteiger partial charge in [0.05, 0.1) is 29.7 Å². The lowest BCUT2D eigenvalue weighted by atomic mass is 10.0. The Morgan fingerprint density at radius 1 is 1.28 bits per heavy atom. The summed E-state index contributed by atoms with van der Waals surface area (Å²) in [5.41, 5.74) is 6.96. The fraction of sp³-hybridized carbons (Fsp3) is 0.391. The molecule has 1 aliphatic carbocycles. The van der Waals surface area contributed by atoms with Gasteiger partial charge in [0, 0.05) is 44.2 Å². The Morgan fingerprint density at radius 2 is 2.06 bits per heavy atom. The molecule has 0 unspecified atom stereocenters. The molecule has 1 aromatic heterocycles. The maximum atomic E-state index is 13.5. The SMILES string of the molecule is CC1=C(Nc2cnccc2C(=O)O)NN(CCN2CCC(F)(F)CC2)C1=C1C=CC=CC1. The van der Waals surface area contributed by atoms with E-state index in [0.29, 0.717) is 37.7 Å². The van der Waals surface area contributed by atoms with Gasteiger partial charge in [0.1, 0.15) is 5.82 Å². The van der Waals surface area contributed by atoms with Crippen molar-refractivity contribution in [3.05, 3.63) is 71.0 Å². The third-order valence-corrected chi connectivity index (χ3v) is 5.97. The van der Waals surface area contributed by atoms with Crippen LogP contribution in [0.3, 0.4) is 0 Å². The summed E-state index contributed by atoms with van der Waals surface area (Å²) in [5, 5.41) is 14.7. The minimum absolute atomic E-state index is 0.106. The number of carboxylic acid groups (broad SMARTS) is 1. The van der Waals surface area contributed by atoms with Gasteiger partial charge < -0.3 is 15.3 Å². The number of carboxylic acids is 1. The molecule has 170 valence electrons. The van der Waals surface area contributed by atoms with Gasteiger partial charge in [-0.3, -0.25) is 15.4 Å². The van der Waals surface area contributed by atoms with Crippen molar-refractivity contribution in [3.63, 3.8) is 0 Å². The molecule has 1 fully saturated rings. The smallest absolute Gasteiger partial charge is 0.337 e. The molecule has 3 heterocycles. The monoisotopic (exact) mass is 443 g/mol. The van der Waals surface area contributed by atoms with Crippen molar-refractivity contribution < 1.29 is 18.7 Å². The van der Waals surface area contributed by atoms with E-state index in [2.05, 4.69) is 32.8 Å². The predicted molar refractivity (Wildman–Crippen MR) is 118 cm³/mol. The Balaban J connectivity index is 1.54. The van der Waals surface area contributed by atoms with E-state index in [-0.39, 0.29) is 18.4 Å². The normalized spacial score (nSPS) is 22.9. The van der Waals surface area contributed by atoms with Crippen LogP contribution in [0.25, 0.3) is 0 Å². The van der Waals surface area contributed by atoms with E-state index in [1.54, 1.807) is 0 Å². The number of rotatable bonds is 6. The van der Waals surface area contributed by atoms with E-state index in [1.165, 1.54) is 18.5 Å². The molecule has 0 radical (unpaired) electrons. The fourth-order valence-electron chi connectivity index (χ4n) is 4.15. The lowest BCUT2D eigenvalue weighted by Gasteiger charge is -2.33. The van der Waals surface area contributed by atoms with Gasteiger partial charge in [0.2, 0.25) is 0 Å². The Morgan fingerprint density at radius 3 is 2.75 bits per heavy atom. The molecule has 0 amide bonds. The quantitative estimate of drug-likeness (QED) is 0.618. The number of pyridine rings is 1. The van der Waals surface area contributed by atoms with E-state index in [4.69, 9.17) is 0 Å².